The van der Waals surface area contributed by atoms with Gasteiger partial charge in [-0.05, 0) is 94.8 Å². The standard InChI is InChI=1S/C36H44ClN3O7/c1-5-45-33(43)36-21-25(36)12-9-7-6-8-10-15-29(38-34(44)47-35(2,3)4)32(42)40-22-23-16-17-28(46-27-14-11-13-26(37)20-27)18-24(23)19-30(40)31(41)39-36/h9,11-14,16-18,20,25,29-30H,5-8,10,15,19,21-22H2,1-4H3,(H,38,44)(H,39,41)/t25-,29+,30+,36-/m1/s1. The normalized spacial score (nSPS) is 24.7. The lowest BCUT2D eigenvalue weighted by atomic mass is 9.91. The Kier molecular flexibility index (Phi) is 10.5. The first-order valence-corrected chi connectivity index (χ1v) is 16.8. The van der Waals surface area contributed by atoms with Crippen LogP contribution in [0, 0.1) is 5.92 Å². The summed E-state index contributed by atoms with van der Waals surface area (Å²) in [5.41, 5.74) is -0.258. The number of halogens is 1. The Balaban J connectivity index is 1.48. The Bertz CT molecular complexity index is 1540. The van der Waals surface area contributed by atoms with Crippen molar-refractivity contribution in [3.63, 3.8) is 0 Å². The van der Waals surface area contributed by atoms with Gasteiger partial charge in [-0.2, -0.15) is 0 Å². The van der Waals surface area contributed by atoms with E-state index in [0.29, 0.717) is 35.8 Å². The van der Waals surface area contributed by atoms with Crippen LogP contribution in [0.1, 0.15) is 77.3 Å². The number of esters is 1. The first-order chi connectivity index (χ1) is 22.4. The Morgan fingerprint density at radius 3 is 2.60 bits per heavy atom. The van der Waals surface area contributed by atoms with Crippen molar-refractivity contribution in [3.8, 4) is 11.5 Å². The van der Waals surface area contributed by atoms with Crippen LogP contribution < -0.4 is 15.4 Å². The quantitative estimate of drug-likeness (QED) is 0.286. The zero-order valence-electron chi connectivity index (χ0n) is 27.5. The van der Waals surface area contributed by atoms with E-state index < -0.39 is 41.2 Å². The summed E-state index contributed by atoms with van der Waals surface area (Å²) in [6, 6.07) is 10.8. The van der Waals surface area contributed by atoms with Gasteiger partial charge in [-0.15, -0.1) is 0 Å². The highest BCUT2D eigenvalue weighted by molar-refractivity contribution is 6.30. The zero-order valence-corrected chi connectivity index (χ0v) is 28.2. The van der Waals surface area contributed by atoms with Crippen LogP contribution in [0.25, 0.3) is 0 Å². The number of ether oxygens (including phenoxy) is 3. The molecule has 11 heteroatoms. The number of allylic oxidation sites excluding steroid dienone is 1. The minimum atomic E-state index is -1.19. The Labute approximate surface area is 281 Å². The largest absolute Gasteiger partial charge is 0.464 e. The number of hydrogen-bond acceptors (Lipinski definition) is 7. The second kappa shape index (κ2) is 14.4. The van der Waals surface area contributed by atoms with Crippen LogP contribution in [0.4, 0.5) is 4.79 Å². The van der Waals surface area contributed by atoms with E-state index >= 15 is 0 Å². The molecule has 1 fully saturated rings. The summed E-state index contributed by atoms with van der Waals surface area (Å²) in [6.45, 7) is 7.32. The lowest BCUT2D eigenvalue weighted by Gasteiger charge is -2.39. The van der Waals surface area contributed by atoms with Crippen molar-refractivity contribution in [2.75, 3.05) is 6.61 Å². The van der Waals surface area contributed by atoms with Crippen LogP contribution >= 0.6 is 11.6 Å². The molecule has 0 unspecified atom stereocenters. The van der Waals surface area contributed by atoms with Crippen molar-refractivity contribution < 1.29 is 33.4 Å². The van der Waals surface area contributed by atoms with Crippen molar-refractivity contribution in [2.24, 2.45) is 5.92 Å². The Morgan fingerprint density at radius 1 is 1.06 bits per heavy atom. The molecule has 1 aliphatic carbocycles. The summed E-state index contributed by atoms with van der Waals surface area (Å²) in [5.74, 6) is -0.398. The smallest absolute Gasteiger partial charge is 0.408 e. The molecule has 47 heavy (non-hydrogen) atoms. The number of carbonyl (C=O) groups is 4. The summed E-state index contributed by atoms with van der Waals surface area (Å²) in [6.07, 6.45) is 7.55. The molecule has 0 saturated heterocycles. The molecule has 2 aliphatic heterocycles. The number of alkyl carbamates (subject to hydrolysis) is 1. The molecule has 5 rings (SSSR count). The number of carbonyl (C=O) groups excluding carboxylic acids is 4. The highest BCUT2D eigenvalue weighted by atomic mass is 35.5. The summed E-state index contributed by atoms with van der Waals surface area (Å²) >= 11 is 6.15. The van der Waals surface area contributed by atoms with Gasteiger partial charge < -0.3 is 29.7 Å². The number of nitrogens with one attached hydrogen (secondary N) is 2. The first kappa shape index (κ1) is 34.3. The van der Waals surface area contributed by atoms with E-state index in [2.05, 4.69) is 10.6 Å². The molecule has 4 atom stereocenters. The monoisotopic (exact) mass is 665 g/mol. The molecular weight excluding hydrogens is 622 g/mol. The van der Waals surface area contributed by atoms with Gasteiger partial charge in [0.25, 0.3) is 0 Å². The van der Waals surface area contributed by atoms with Crippen molar-refractivity contribution in [3.05, 3.63) is 70.8 Å². The van der Waals surface area contributed by atoms with Gasteiger partial charge in [0.2, 0.25) is 11.8 Å². The van der Waals surface area contributed by atoms with Gasteiger partial charge >= 0.3 is 12.1 Å². The third-order valence-corrected chi connectivity index (χ3v) is 8.88. The van der Waals surface area contributed by atoms with Gasteiger partial charge in [0.1, 0.15) is 34.7 Å². The van der Waals surface area contributed by atoms with E-state index in [-0.39, 0.29) is 31.4 Å². The van der Waals surface area contributed by atoms with E-state index in [4.69, 9.17) is 25.8 Å². The highest BCUT2D eigenvalue weighted by Crippen LogP contribution is 2.46. The maximum atomic E-state index is 14.4. The minimum Gasteiger partial charge on any atom is -0.464 e. The first-order valence-electron chi connectivity index (χ1n) is 16.4. The second-order valence-corrected chi connectivity index (χ2v) is 13.9. The lowest BCUT2D eigenvalue weighted by molar-refractivity contribution is -0.151. The molecule has 2 aromatic rings. The second-order valence-electron chi connectivity index (χ2n) is 13.4. The van der Waals surface area contributed by atoms with Gasteiger partial charge in [-0.1, -0.05) is 48.7 Å². The molecule has 1 saturated carbocycles. The molecular formula is C36H44ClN3O7. The van der Waals surface area contributed by atoms with Crippen LogP contribution in [0.2, 0.25) is 5.02 Å². The maximum Gasteiger partial charge on any atom is 0.408 e. The summed E-state index contributed by atoms with van der Waals surface area (Å²) in [5, 5.41) is 6.33. The summed E-state index contributed by atoms with van der Waals surface area (Å²) < 4.78 is 17.0. The number of rotatable bonds is 5. The zero-order chi connectivity index (χ0) is 33.8. The maximum absolute atomic E-state index is 14.4. The molecule has 3 aliphatic rings. The van der Waals surface area contributed by atoms with Crippen molar-refractivity contribution in [1.82, 2.24) is 15.5 Å². The Hall–Kier alpha value is -4.05. The summed E-state index contributed by atoms with van der Waals surface area (Å²) in [4.78, 5) is 56.2. The predicted octanol–water partition coefficient (Wildman–Crippen LogP) is 6.24. The molecule has 0 bridgehead atoms. The van der Waals surface area contributed by atoms with Crippen molar-refractivity contribution >= 4 is 35.5 Å². The fourth-order valence-corrected chi connectivity index (χ4v) is 6.40. The fraction of sp³-hybridized carbons (Fsp3) is 0.500. The topological polar surface area (TPSA) is 123 Å². The van der Waals surface area contributed by atoms with E-state index in [1.807, 2.05) is 30.4 Å². The van der Waals surface area contributed by atoms with Crippen molar-refractivity contribution in [2.45, 2.75) is 102 Å². The van der Waals surface area contributed by atoms with Crippen LogP contribution in [0.15, 0.2) is 54.6 Å². The summed E-state index contributed by atoms with van der Waals surface area (Å²) in [7, 11) is 0. The van der Waals surface area contributed by atoms with E-state index in [1.54, 1.807) is 52.0 Å². The molecule has 2 aromatic carbocycles. The van der Waals surface area contributed by atoms with E-state index in [9.17, 15) is 19.2 Å². The van der Waals surface area contributed by atoms with Gasteiger partial charge in [-0.25, -0.2) is 9.59 Å². The predicted molar refractivity (Wildman–Crippen MR) is 177 cm³/mol. The molecule has 2 heterocycles. The van der Waals surface area contributed by atoms with Gasteiger partial charge in [0.15, 0.2) is 0 Å². The number of benzene rings is 2. The average Bonchev–Trinajstić information content (AvgIpc) is 3.71. The van der Waals surface area contributed by atoms with Crippen LogP contribution in [0.5, 0.6) is 11.5 Å². The van der Waals surface area contributed by atoms with E-state index in [0.717, 1.165) is 30.4 Å². The van der Waals surface area contributed by atoms with Crippen LogP contribution in [0.3, 0.4) is 0 Å². The van der Waals surface area contributed by atoms with Crippen LogP contribution in [-0.4, -0.2) is 58.6 Å². The number of nitrogens with zero attached hydrogens (tertiary/aromatic N) is 1. The molecule has 0 spiro atoms. The van der Waals surface area contributed by atoms with E-state index in [1.165, 1.54) is 4.90 Å². The number of amides is 3. The molecule has 252 valence electrons. The van der Waals surface area contributed by atoms with Gasteiger partial charge in [0.05, 0.1) is 6.61 Å². The van der Waals surface area contributed by atoms with Crippen LogP contribution in [-0.2, 0) is 36.8 Å². The fourth-order valence-electron chi connectivity index (χ4n) is 6.22. The average molecular weight is 666 g/mol. The van der Waals surface area contributed by atoms with Gasteiger partial charge in [0, 0.05) is 23.9 Å². The SMILES string of the molecule is CCOC(=O)[C@@]12C[C@H]1C=CCCCCC[C@H](NC(=O)OC(C)(C)C)C(=O)N1Cc3ccc(Oc4cccc(Cl)c4)cc3C[C@H]1C(=O)N2. The molecule has 0 aromatic heterocycles. The number of fused-ring (bicyclic) bond motifs is 3. The third-order valence-electron chi connectivity index (χ3n) is 8.65. The highest BCUT2D eigenvalue weighted by Gasteiger charge is 2.62. The Morgan fingerprint density at radius 2 is 1.85 bits per heavy atom. The molecule has 10 nitrogen and oxygen atoms in total. The minimum absolute atomic E-state index is 0.131. The molecule has 0 radical (unpaired) electrons. The van der Waals surface area contributed by atoms with Gasteiger partial charge in [-0.3, -0.25) is 9.59 Å². The number of hydrogen-bond donors (Lipinski definition) is 2. The lowest BCUT2D eigenvalue weighted by Crippen LogP contribution is -2.60. The third kappa shape index (κ3) is 8.46. The molecule has 2 N–H and O–H groups in total. The molecule has 3 amide bonds. The van der Waals surface area contributed by atoms with Crippen molar-refractivity contribution in [1.29, 1.82) is 0 Å².